The van der Waals surface area contributed by atoms with E-state index in [4.69, 9.17) is 4.74 Å². The zero-order valence-corrected chi connectivity index (χ0v) is 18.6. The lowest BCUT2D eigenvalue weighted by molar-refractivity contribution is -0.133. The van der Waals surface area contributed by atoms with Crippen LogP contribution in [0.5, 0.6) is 0 Å². The molecule has 2 fully saturated rings. The lowest BCUT2D eigenvalue weighted by Crippen LogP contribution is -2.49. The zero-order valence-electron chi connectivity index (χ0n) is 18.6. The van der Waals surface area contributed by atoms with Crippen LogP contribution in [0.15, 0.2) is 67.1 Å². The van der Waals surface area contributed by atoms with E-state index in [-0.39, 0.29) is 36.7 Å². The van der Waals surface area contributed by atoms with Gasteiger partial charge >= 0.3 is 6.09 Å². The van der Waals surface area contributed by atoms with Crippen molar-refractivity contribution in [1.82, 2.24) is 24.6 Å². The molecule has 3 aromatic rings. The molecule has 2 amide bonds. The molecule has 0 bridgehead atoms. The summed E-state index contributed by atoms with van der Waals surface area (Å²) in [7, 11) is 0. The van der Waals surface area contributed by atoms with E-state index in [9.17, 15) is 9.59 Å². The quantitative estimate of drug-likeness (QED) is 0.600. The predicted molar refractivity (Wildman–Crippen MR) is 122 cm³/mol. The first kappa shape index (κ1) is 21.2. The Morgan fingerprint density at radius 2 is 1.88 bits per heavy atom. The molecule has 2 saturated heterocycles. The first-order chi connectivity index (χ1) is 16.1. The lowest BCUT2D eigenvalue weighted by atomic mass is 9.98. The second-order valence-electron chi connectivity index (χ2n) is 8.62. The van der Waals surface area contributed by atoms with Gasteiger partial charge in [-0.25, -0.2) is 4.79 Å². The normalized spacial score (nSPS) is 21.3. The van der Waals surface area contributed by atoms with Crippen molar-refractivity contribution in [2.75, 3.05) is 13.1 Å². The van der Waals surface area contributed by atoms with Crippen LogP contribution in [-0.4, -0.2) is 61.7 Å². The second-order valence-corrected chi connectivity index (χ2v) is 8.62. The standard InChI is InChI=1S/C25H27N5O3/c1-18-24(19-6-3-2-4-7-19)33-25(32)30(18)21-9-13-28(14-10-21)23(31)17-29-15-11-22(27-29)20-8-5-12-26-16-20/h2-8,11-12,15-16,18,21,24H,9-10,13-14,17H2,1H3/t18-,24-/m1/s1. The number of ether oxygens (including phenoxy) is 1. The van der Waals surface area contributed by atoms with E-state index < -0.39 is 0 Å². The molecule has 8 heteroatoms. The van der Waals surface area contributed by atoms with Crippen LogP contribution < -0.4 is 0 Å². The Bertz CT molecular complexity index is 1110. The number of likely N-dealkylation sites (tertiary alicyclic amines) is 1. The molecule has 33 heavy (non-hydrogen) atoms. The van der Waals surface area contributed by atoms with Crippen molar-refractivity contribution in [1.29, 1.82) is 0 Å². The largest absolute Gasteiger partial charge is 0.439 e. The molecular formula is C25H27N5O3. The molecule has 4 heterocycles. The number of cyclic esters (lactones) is 1. The minimum atomic E-state index is -0.263. The molecule has 8 nitrogen and oxygen atoms in total. The van der Waals surface area contributed by atoms with Gasteiger partial charge in [0.25, 0.3) is 0 Å². The van der Waals surface area contributed by atoms with E-state index in [0.29, 0.717) is 13.1 Å². The van der Waals surface area contributed by atoms with Gasteiger partial charge in [-0.05, 0) is 43.5 Å². The molecule has 170 valence electrons. The Kier molecular flexibility index (Phi) is 5.81. The van der Waals surface area contributed by atoms with Crippen molar-refractivity contribution in [2.45, 2.75) is 44.5 Å². The van der Waals surface area contributed by atoms with Crippen LogP contribution in [0.3, 0.4) is 0 Å². The Balaban J connectivity index is 1.17. The highest BCUT2D eigenvalue weighted by molar-refractivity contribution is 5.76. The third-order valence-corrected chi connectivity index (χ3v) is 6.55. The van der Waals surface area contributed by atoms with E-state index in [1.165, 1.54) is 0 Å². The Morgan fingerprint density at radius 3 is 2.61 bits per heavy atom. The molecule has 5 rings (SSSR count). The molecular weight excluding hydrogens is 418 g/mol. The van der Waals surface area contributed by atoms with Crippen LogP contribution in [-0.2, 0) is 16.1 Å². The Morgan fingerprint density at radius 1 is 1.09 bits per heavy atom. The Hall–Kier alpha value is -3.68. The summed E-state index contributed by atoms with van der Waals surface area (Å²) in [6.07, 6.45) is 6.26. The number of aromatic nitrogens is 3. The molecule has 2 atom stereocenters. The molecule has 1 aromatic carbocycles. The topological polar surface area (TPSA) is 80.6 Å². The van der Waals surface area contributed by atoms with Gasteiger partial charge in [0.15, 0.2) is 0 Å². The average molecular weight is 446 g/mol. The van der Waals surface area contributed by atoms with Crippen LogP contribution in [0, 0.1) is 0 Å². The predicted octanol–water partition coefficient (Wildman–Crippen LogP) is 3.52. The summed E-state index contributed by atoms with van der Waals surface area (Å²) in [5.74, 6) is 0.0356. The van der Waals surface area contributed by atoms with Gasteiger partial charge in [-0.1, -0.05) is 30.3 Å². The molecule has 0 spiro atoms. The number of nitrogens with zero attached hydrogens (tertiary/aromatic N) is 5. The first-order valence-corrected chi connectivity index (χ1v) is 11.4. The highest BCUT2D eigenvalue weighted by Crippen LogP contribution is 2.35. The van der Waals surface area contributed by atoms with E-state index in [1.807, 2.05) is 71.5 Å². The fourth-order valence-corrected chi connectivity index (χ4v) is 4.80. The van der Waals surface area contributed by atoms with Crippen LogP contribution >= 0.6 is 0 Å². The van der Waals surface area contributed by atoms with Crippen LogP contribution in [0.1, 0.15) is 31.4 Å². The van der Waals surface area contributed by atoms with Gasteiger partial charge in [-0.3, -0.25) is 19.4 Å². The smallest absolute Gasteiger partial charge is 0.411 e. The molecule has 0 unspecified atom stereocenters. The number of piperidine rings is 1. The van der Waals surface area contributed by atoms with Gasteiger partial charge in [-0.15, -0.1) is 0 Å². The maximum atomic E-state index is 12.9. The zero-order chi connectivity index (χ0) is 22.8. The SMILES string of the molecule is C[C@@H]1[C@H](c2ccccc2)OC(=O)N1C1CCN(C(=O)Cn2ccc(-c3cccnc3)n2)CC1. The highest BCUT2D eigenvalue weighted by atomic mass is 16.6. The van der Waals surface area contributed by atoms with Crippen molar-refractivity contribution in [2.24, 2.45) is 0 Å². The molecule has 0 radical (unpaired) electrons. The number of hydrogen-bond donors (Lipinski definition) is 0. The summed E-state index contributed by atoms with van der Waals surface area (Å²) in [4.78, 5) is 33.4. The van der Waals surface area contributed by atoms with Crippen molar-refractivity contribution in [3.8, 4) is 11.3 Å². The number of hydrogen-bond acceptors (Lipinski definition) is 5. The number of carbonyl (C=O) groups excluding carboxylic acids is 2. The Labute approximate surface area is 192 Å². The summed E-state index contributed by atoms with van der Waals surface area (Å²) in [6, 6.07) is 15.6. The summed E-state index contributed by atoms with van der Waals surface area (Å²) in [5, 5.41) is 4.51. The average Bonchev–Trinajstić information content (AvgIpc) is 3.44. The van der Waals surface area contributed by atoms with Gasteiger partial charge in [0.1, 0.15) is 12.6 Å². The van der Waals surface area contributed by atoms with Crippen molar-refractivity contribution in [3.63, 3.8) is 0 Å². The number of carbonyl (C=O) groups is 2. The van der Waals surface area contributed by atoms with Gasteiger partial charge in [0.05, 0.1) is 11.7 Å². The molecule has 0 saturated carbocycles. The van der Waals surface area contributed by atoms with E-state index in [2.05, 4.69) is 10.1 Å². The van der Waals surface area contributed by atoms with Crippen molar-refractivity contribution in [3.05, 3.63) is 72.7 Å². The van der Waals surface area contributed by atoms with Crippen LogP contribution in [0.2, 0.25) is 0 Å². The molecule has 0 N–H and O–H groups in total. The number of amides is 2. The van der Waals surface area contributed by atoms with Gasteiger partial charge in [0.2, 0.25) is 5.91 Å². The molecule has 2 aliphatic rings. The summed E-state index contributed by atoms with van der Waals surface area (Å²) >= 11 is 0. The molecule has 2 aliphatic heterocycles. The van der Waals surface area contributed by atoms with Crippen LogP contribution in [0.4, 0.5) is 4.79 Å². The number of rotatable bonds is 5. The van der Waals surface area contributed by atoms with Crippen molar-refractivity contribution < 1.29 is 14.3 Å². The number of benzene rings is 1. The lowest BCUT2D eigenvalue weighted by Gasteiger charge is -2.37. The minimum Gasteiger partial charge on any atom is -0.439 e. The van der Waals surface area contributed by atoms with E-state index in [1.54, 1.807) is 17.1 Å². The highest BCUT2D eigenvalue weighted by Gasteiger charge is 2.44. The van der Waals surface area contributed by atoms with Gasteiger partial charge < -0.3 is 9.64 Å². The van der Waals surface area contributed by atoms with E-state index >= 15 is 0 Å². The number of pyridine rings is 1. The molecule has 0 aliphatic carbocycles. The monoisotopic (exact) mass is 445 g/mol. The summed E-state index contributed by atoms with van der Waals surface area (Å²) in [5.41, 5.74) is 2.73. The maximum Gasteiger partial charge on any atom is 0.411 e. The van der Waals surface area contributed by atoms with Crippen LogP contribution in [0.25, 0.3) is 11.3 Å². The first-order valence-electron chi connectivity index (χ1n) is 11.4. The third-order valence-electron chi connectivity index (χ3n) is 6.55. The van der Waals surface area contributed by atoms with E-state index in [0.717, 1.165) is 29.7 Å². The second kappa shape index (κ2) is 9.05. The fourth-order valence-electron chi connectivity index (χ4n) is 4.80. The van der Waals surface area contributed by atoms with Gasteiger partial charge in [-0.2, -0.15) is 5.10 Å². The summed E-state index contributed by atoms with van der Waals surface area (Å²) < 4.78 is 7.38. The summed E-state index contributed by atoms with van der Waals surface area (Å²) in [6.45, 7) is 3.47. The van der Waals surface area contributed by atoms with Gasteiger partial charge in [0, 0.05) is 43.3 Å². The minimum absolute atomic E-state index is 0.0356. The fraction of sp³-hybridized carbons (Fsp3) is 0.360. The maximum absolute atomic E-state index is 12.9. The third kappa shape index (κ3) is 4.33. The van der Waals surface area contributed by atoms with Crippen molar-refractivity contribution >= 4 is 12.0 Å². The molecule has 2 aromatic heterocycles.